The Hall–Kier alpha value is -2.89. The first-order valence-corrected chi connectivity index (χ1v) is 7.49. The van der Waals surface area contributed by atoms with E-state index in [-0.39, 0.29) is 24.1 Å². The van der Waals surface area contributed by atoms with Crippen LogP contribution in [0.15, 0.2) is 41.2 Å². The quantitative estimate of drug-likeness (QED) is 0.718. The largest absolute Gasteiger partial charge is 0.352 e. The molecule has 0 unspecified atom stereocenters. The van der Waals surface area contributed by atoms with Crippen LogP contribution in [0.4, 0.5) is 0 Å². The number of benzene rings is 1. The van der Waals surface area contributed by atoms with Crippen molar-refractivity contribution in [2.24, 2.45) is 0 Å². The number of aromatic amines is 1. The molecule has 6 nitrogen and oxygen atoms in total. The number of carbonyl (C=O) groups is 2. The molecule has 1 aromatic heterocycles. The highest BCUT2D eigenvalue weighted by Gasteiger charge is 2.22. The van der Waals surface area contributed by atoms with Gasteiger partial charge in [-0.25, -0.2) is 0 Å². The molecule has 2 amide bonds. The first-order chi connectivity index (χ1) is 11.1. The van der Waals surface area contributed by atoms with Crippen LogP contribution in [0.1, 0.15) is 18.4 Å². The minimum absolute atomic E-state index is 0.0618. The highest BCUT2D eigenvalue weighted by Crippen LogP contribution is 2.18. The standard InChI is InChI=1S/C17H17N3O3/c21-15(18-10-16(22)19-13-6-7-13)8-5-12-9-11-3-1-2-4-14(11)20-17(12)23/h1-5,8-9,13H,6-7,10H2,(H,18,21)(H,19,22)(H,20,23)/b8-5+. The van der Waals surface area contributed by atoms with E-state index in [1.807, 2.05) is 24.3 Å². The fourth-order valence-electron chi connectivity index (χ4n) is 2.19. The molecule has 1 aliphatic carbocycles. The highest BCUT2D eigenvalue weighted by atomic mass is 16.2. The number of para-hydroxylation sites is 1. The van der Waals surface area contributed by atoms with Crippen molar-refractivity contribution in [3.05, 3.63) is 52.3 Å². The van der Waals surface area contributed by atoms with Crippen LogP contribution in [0.25, 0.3) is 17.0 Å². The van der Waals surface area contributed by atoms with Crippen LogP contribution in [0, 0.1) is 0 Å². The number of hydrogen-bond acceptors (Lipinski definition) is 3. The van der Waals surface area contributed by atoms with Crippen LogP contribution in [-0.2, 0) is 9.59 Å². The molecule has 0 atom stereocenters. The molecular weight excluding hydrogens is 294 g/mol. The third kappa shape index (κ3) is 4.06. The summed E-state index contributed by atoms with van der Waals surface area (Å²) in [6.45, 7) is -0.0618. The van der Waals surface area contributed by atoms with Crippen molar-refractivity contribution in [2.45, 2.75) is 18.9 Å². The van der Waals surface area contributed by atoms with E-state index in [1.165, 1.54) is 12.2 Å². The van der Waals surface area contributed by atoms with Gasteiger partial charge in [-0.1, -0.05) is 18.2 Å². The Balaban J connectivity index is 1.62. The number of fused-ring (bicyclic) bond motifs is 1. The van der Waals surface area contributed by atoms with Crippen molar-refractivity contribution < 1.29 is 9.59 Å². The Morgan fingerprint density at radius 1 is 1.26 bits per heavy atom. The normalized spacial score (nSPS) is 14.1. The van der Waals surface area contributed by atoms with E-state index in [2.05, 4.69) is 15.6 Å². The van der Waals surface area contributed by atoms with Crippen molar-refractivity contribution in [2.75, 3.05) is 6.54 Å². The maximum atomic E-state index is 11.9. The first kappa shape index (κ1) is 15.0. The van der Waals surface area contributed by atoms with E-state index in [4.69, 9.17) is 0 Å². The number of carbonyl (C=O) groups excluding carboxylic acids is 2. The van der Waals surface area contributed by atoms with Crippen LogP contribution in [0.5, 0.6) is 0 Å². The highest BCUT2D eigenvalue weighted by molar-refractivity contribution is 5.94. The monoisotopic (exact) mass is 311 g/mol. The minimum Gasteiger partial charge on any atom is -0.352 e. The summed E-state index contributed by atoms with van der Waals surface area (Å²) < 4.78 is 0. The molecule has 3 N–H and O–H groups in total. The lowest BCUT2D eigenvalue weighted by atomic mass is 10.1. The second kappa shape index (κ2) is 6.48. The lowest BCUT2D eigenvalue weighted by Gasteiger charge is -2.03. The van der Waals surface area contributed by atoms with Gasteiger partial charge >= 0.3 is 0 Å². The number of aromatic nitrogens is 1. The summed E-state index contributed by atoms with van der Waals surface area (Å²) in [5, 5.41) is 6.16. The van der Waals surface area contributed by atoms with E-state index < -0.39 is 5.91 Å². The number of amides is 2. The van der Waals surface area contributed by atoms with Gasteiger partial charge in [-0.15, -0.1) is 0 Å². The number of H-pyrrole nitrogens is 1. The first-order valence-electron chi connectivity index (χ1n) is 7.49. The molecule has 0 saturated heterocycles. The summed E-state index contributed by atoms with van der Waals surface area (Å²) in [4.78, 5) is 37.9. The van der Waals surface area contributed by atoms with Gasteiger partial charge in [0.05, 0.1) is 6.54 Å². The number of pyridine rings is 1. The molecule has 1 aliphatic rings. The average molecular weight is 311 g/mol. The molecule has 1 fully saturated rings. The van der Waals surface area contributed by atoms with Crippen LogP contribution in [0.2, 0.25) is 0 Å². The summed E-state index contributed by atoms with van der Waals surface area (Å²) >= 11 is 0. The predicted molar refractivity (Wildman–Crippen MR) is 87.8 cm³/mol. The van der Waals surface area contributed by atoms with E-state index in [0.717, 1.165) is 23.7 Å². The van der Waals surface area contributed by atoms with Crippen LogP contribution >= 0.6 is 0 Å². The Bertz CT molecular complexity index is 834. The lowest BCUT2D eigenvalue weighted by molar-refractivity contribution is -0.124. The van der Waals surface area contributed by atoms with Gasteiger partial charge in [0.15, 0.2) is 0 Å². The fourth-order valence-corrected chi connectivity index (χ4v) is 2.19. The Morgan fingerprint density at radius 2 is 2.04 bits per heavy atom. The molecule has 0 aliphatic heterocycles. The molecule has 1 aromatic carbocycles. The topological polar surface area (TPSA) is 91.1 Å². The zero-order chi connectivity index (χ0) is 16.2. The second-order valence-corrected chi connectivity index (χ2v) is 5.53. The van der Waals surface area contributed by atoms with Gasteiger partial charge in [0.25, 0.3) is 5.56 Å². The molecular formula is C17H17N3O3. The summed E-state index contributed by atoms with van der Waals surface area (Å²) in [6, 6.07) is 9.40. The summed E-state index contributed by atoms with van der Waals surface area (Å²) in [5.74, 6) is -0.610. The molecule has 0 bridgehead atoms. The zero-order valence-corrected chi connectivity index (χ0v) is 12.5. The molecule has 1 saturated carbocycles. The smallest absolute Gasteiger partial charge is 0.255 e. The van der Waals surface area contributed by atoms with Crippen LogP contribution in [0.3, 0.4) is 0 Å². The molecule has 118 valence electrons. The minimum atomic E-state index is -0.413. The van der Waals surface area contributed by atoms with E-state index >= 15 is 0 Å². The van der Waals surface area contributed by atoms with Gasteiger partial charge in [0, 0.05) is 23.2 Å². The van der Waals surface area contributed by atoms with Gasteiger partial charge in [-0.2, -0.15) is 0 Å². The van der Waals surface area contributed by atoms with Gasteiger partial charge in [0.2, 0.25) is 11.8 Å². The second-order valence-electron chi connectivity index (χ2n) is 5.53. The summed E-state index contributed by atoms with van der Waals surface area (Å²) in [5.41, 5.74) is 0.872. The Kier molecular flexibility index (Phi) is 4.23. The molecule has 23 heavy (non-hydrogen) atoms. The van der Waals surface area contributed by atoms with Crippen LogP contribution < -0.4 is 16.2 Å². The molecule has 0 radical (unpaired) electrons. The van der Waals surface area contributed by atoms with Crippen LogP contribution in [-0.4, -0.2) is 29.4 Å². The van der Waals surface area contributed by atoms with Crippen molar-refractivity contribution in [3.63, 3.8) is 0 Å². The van der Waals surface area contributed by atoms with Crippen molar-refractivity contribution in [1.82, 2.24) is 15.6 Å². The molecule has 1 heterocycles. The molecule has 0 spiro atoms. The molecule has 6 heteroatoms. The van der Waals surface area contributed by atoms with Crippen molar-refractivity contribution >= 4 is 28.8 Å². The Morgan fingerprint density at radius 3 is 2.83 bits per heavy atom. The third-order valence-electron chi connectivity index (χ3n) is 3.56. The lowest BCUT2D eigenvalue weighted by Crippen LogP contribution is -2.37. The van der Waals surface area contributed by atoms with Gasteiger partial charge in [-0.05, 0) is 36.4 Å². The number of rotatable bonds is 5. The zero-order valence-electron chi connectivity index (χ0n) is 12.5. The van der Waals surface area contributed by atoms with E-state index in [1.54, 1.807) is 6.07 Å². The summed E-state index contributed by atoms with van der Waals surface area (Å²) in [6.07, 6.45) is 4.71. The van der Waals surface area contributed by atoms with Crippen molar-refractivity contribution in [3.8, 4) is 0 Å². The number of nitrogens with one attached hydrogen (secondary N) is 3. The van der Waals surface area contributed by atoms with E-state index in [9.17, 15) is 14.4 Å². The van der Waals surface area contributed by atoms with E-state index in [0.29, 0.717) is 5.56 Å². The molecule has 3 rings (SSSR count). The van der Waals surface area contributed by atoms with Gasteiger partial charge in [0.1, 0.15) is 0 Å². The Labute approximate surface area is 132 Å². The molecule has 2 aromatic rings. The maximum Gasteiger partial charge on any atom is 0.255 e. The predicted octanol–water partition coefficient (Wildman–Crippen LogP) is 0.936. The fraction of sp³-hybridized carbons (Fsp3) is 0.235. The summed E-state index contributed by atoms with van der Waals surface area (Å²) in [7, 11) is 0. The van der Waals surface area contributed by atoms with Crippen molar-refractivity contribution in [1.29, 1.82) is 0 Å². The SMILES string of the molecule is O=C(/C=C/c1cc2ccccc2[nH]c1=O)NCC(=O)NC1CC1. The average Bonchev–Trinajstić information content (AvgIpc) is 3.34. The van der Waals surface area contributed by atoms with Gasteiger partial charge in [-0.3, -0.25) is 14.4 Å². The van der Waals surface area contributed by atoms with Gasteiger partial charge < -0.3 is 15.6 Å². The number of hydrogen-bond donors (Lipinski definition) is 3. The maximum absolute atomic E-state index is 11.9. The third-order valence-corrected chi connectivity index (χ3v) is 3.56.